The summed E-state index contributed by atoms with van der Waals surface area (Å²) in [7, 11) is 1.59. The average Bonchev–Trinajstić information content (AvgIpc) is 3.73. The maximum Gasteiger partial charge on any atom is 0.255 e. The van der Waals surface area contributed by atoms with Gasteiger partial charge in [0, 0.05) is 11.3 Å². The number of amides is 3. The normalized spacial score (nSPS) is 28.1. The van der Waals surface area contributed by atoms with Crippen LogP contribution in [0.1, 0.15) is 16.8 Å². The quantitative estimate of drug-likeness (QED) is 0.362. The molecule has 3 fully saturated rings. The van der Waals surface area contributed by atoms with Crippen molar-refractivity contribution in [3.05, 3.63) is 90.5 Å². The van der Waals surface area contributed by atoms with Crippen molar-refractivity contribution >= 4 is 29.1 Å². The monoisotopic (exact) mass is 506 g/mol. The zero-order chi connectivity index (χ0) is 26.0. The maximum absolute atomic E-state index is 13.3. The standard InChI is InChI=1S/C31H26N2O5/c1-37-25-4-2-3-5-26(25)38-20-12-8-18(9-13-20)32-29(34)17-6-10-19(11-7-17)33-30(35)27-21-14-15-22(24-16-23(21)24)28(27)31(33)36/h2-15,21-24,27-28H,16H2,1H3,(H,32,34)/t21-,22-,23-,24-,27+,28+/m1/s1. The second-order valence-corrected chi connectivity index (χ2v) is 10.4. The molecule has 2 saturated carbocycles. The molecule has 7 heteroatoms. The van der Waals surface area contributed by atoms with Gasteiger partial charge in [-0.15, -0.1) is 0 Å². The molecule has 1 N–H and O–H groups in total. The third kappa shape index (κ3) is 3.53. The molecular weight excluding hydrogens is 480 g/mol. The number of allylic oxidation sites excluding steroid dienone is 2. The van der Waals surface area contributed by atoms with E-state index in [1.54, 1.807) is 55.6 Å². The summed E-state index contributed by atoms with van der Waals surface area (Å²) in [6.45, 7) is 0. The van der Waals surface area contributed by atoms with Crippen LogP contribution in [0.3, 0.4) is 0 Å². The Labute approximate surface area is 220 Å². The lowest BCUT2D eigenvalue weighted by molar-refractivity contribution is -0.124. The summed E-state index contributed by atoms with van der Waals surface area (Å²) in [4.78, 5) is 40.8. The smallest absolute Gasteiger partial charge is 0.255 e. The summed E-state index contributed by atoms with van der Waals surface area (Å²) in [5.41, 5.74) is 1.57. The summed E-state index contributed by atoms with van der Waals surface area (Å²) in [5, 5.41) is 2.87. The Balaban J connectivity index is 1.02. The molecule has 6 atom stereocenters. The number of anilines is 2. The number of imide groups is 1. The molecule has 4 aliphatic carbocycles. The topological polar surface area (TPSA) is 84.9 Å². The average molecular weight is 507 g/mol. The Hall–Kier alpha value is -4.39. The van der Waals surface area contributed by atoms with Gasteiger partial charge in [0.05, 0.1) is 24.6 Å². The van der Waals surface area contributed by atoms with Gasteiger partial charge < -0.3 is 14.8 Å². The van der Waals surface area contributed by atoms with E-state index in [-0.39, 0.29) is 41.4 Å². The van der Waals surface area contributed by atoms with Crippen molar-refractivity contribution in [1.82, 2.24) is 0 Å². The van der Waals surface area contributed by atoms with E-state index in [2.05, 4.69) is 17.5 Å². The first-order valence-electron chi connectivity index (χ1n) is 12.9. The molecule has 1 heterocycles. The van der Waals surface area contributed by atoms with Gasteiger partial charge in [-0.25, -0.2) is 0 Å². The second-order valence-electron chi connectivity index (χ2n) is 10.4. The number of hydrogen-bond acceptors (Lipinski definition) is 5. The lowest BCUT2D eigenvalue weighted by atomic mass is 9.63. The van der Waals surface area contributed by atoms with E-state index in [1.807, 2.05) is 24.3 Å². The molecule has 3 aromatic rings. The maximum atomic E-state index is 13.3. The van der Waals surface area contributed by atoms with Gasteiger partial charge in [-0.1, -0.05) is 24.3 Å². The van der Waals surface area contributed by atoms with E-state index in [9.17, 15) is 14.4 Å². The zero-order valence-electron chi connectivity index (χ0n) is 20.7. The third-order valence-electron chi connectivity index (χ3n) is 8.46. The zero-order valence-corrected chi connectivity index (χ0v) is 20.7. The number of nitrogens with one attached hydrogen (secondary N) is 1. The number of rotatable bonds is 6. The van der Waals surface area contributed by atoms with Gasteiger partial charge >= 0.3 is 0 Å². The molecule has 0 radical (unpaired) electrons. The number of para-hydroxylation sites is 2. The van der Waals surface area contributed by atoms with E-state index in [0.717, 1.165) is 6.42 Å². The number of methoxy groups -OCH3 is 1. The first-order valence-corrected chi connectivity index (χ1v) is 12.9. The largest absolute Gasteiger partial charge is 0.493 e. The molecule has 190 valence electrons. The van der Waals surface area contributed by atoms with Crippen molar-refractivity contribution in [3.8, 4) is 17.2 Å². The van der Waals surface area contributed by atoms with E-state index in [1.165, 1.54) is 4.90 Å². The highest BCUT2D eigenvalue weighted by molar-refractivity contribution is 6.22. The molecule has 3 amide bonds. The van der Waals surface area contributed by atoms with Crippen molar-refractivity contribution in [2.75, 3.05) is 17.3 Å². The Morgan fingerprint density at radius 2 is 1.42 bits per heavy atom. The van der Waals surface area contributed by atoms with E-state index in [0.29, 0.717) is 46.0 Å². The highest BCUT2D eigenvalue weighted by atomic mass is 16.5. The summed E-state index contributed by atoms with van der Waals surface area (Å²) in [6, 6.07) is 21.1. The van der Waals surface area contributed by atoms with Crippen molar-refractivity contribution in [3.63, 3.8) is 0 Å². The van der Waals surface area contributed by atoms with Crippen molar-refractivity contribution in [1.29, 1.82) is 0 Å². The number of hydrogen-bond donors (Lipinski definition) is 1. The minimum Gasteiger partial charge on any atom is -0.493 e. The van der Waals surface area contributed by atoms with Crippen LogP contribution in [0.25, 0.3) is 0 Å². The van der Waals surface area contributed by atoms with Crippen LogP contribution in [0.2, 0.25) is 0 Å². The molecule has 0 spiro atoms. The Bertz CT molecular complexity index is 1440. The van der Waals surface area contributed by atoms with Crippen LogP contribution in [0.15, 0.2) is 84.9 Å². The van der Waals surface area contributed by atoms with Crippen LogP contribution < -0.4 is 19.7 Å². The van der Waals surface area contributed by atoms with Gasteiger partial charge in [-0.05, 0) is 90.8 Å². The van der Waals surface area contributed by atoms with Gasteiger partial charge in [0.1, 0.15) is 5.75 Å². The molecule has 1 saturated heterocycles. The first-order chi connectivity index (χ1) is 18.5. The van der Waals surface area contributed by atoms with Crippen LogP contribution in [0.4, 0.5) is 11.4 Å². The Kier molecular flexibility index (Phi) is 5.15. The van der Waals surface area contributed by atoms with Crippen LogP contribution >= 0.6 is 0 Å². The van der Waals surface area contributed by atoms with Crippen LogP contribution in [0, 0.1) is 35.5 Å². The van der Waals surface area contributed by atoms with Gasteiger partial charge in [-0.2, -0.15) is 0 Å². The Morgan fingerprint density at radius 1 is 0.816 bits per heavy atom. The van der Waals surface area contributed by atoms with Crippen LogP contribution in [0.5, 0.6) is 17.2 Å². The van der Waals surface area contributed by atoms with E-state index < -0.39 is 0 Å². The molecule has 1 aliphatic heterocycles. The fourth-order valence-corrected chi connectivity index (χ4v) is 6.61. The molecule has 7 nitrogen and oxygen atoms in total. The van der Waals surface area contributed by atoms with Crippen molar-refractivity contribution in [2.24, 2.45) is 35.5 Å². The minimum absolute atomic E-state index is 0.0997. The third-order valence-corrected chi connectivity index (χ3v) is 8.46. The predicted octanol–water partition coefficient (Wildman–Crippen LogP) is 5.30. The van der Waals surface area contributed by atoms with Crippen LogP contribution in [-0.2, 0) is 9.59 Å². The van der Waals surface area contributed by atoms with Gasteiger partial charge in [-0.3, -0.25) is 19.3 Å². The Morgan fingerprint density at radius 3 is 2.03 bits per heavy atom. The molecule has 0 aromatic heterocycles. The highest BCUT2D eigenvalue weighted by Crippen LogP contribution is 2.65. The summed E-state index contributed by atoms with van der Waals surface area (Å²) >= 11 is 0. The molecule has 38 heavy (non-hydrogen) atoms. The first kappa shape index (κ1) is 22.8. The number of carbonyl (C=O) groups is 3. The molecule has 0 unspecified atom stereocenters. The number of nitrogens with zero attached hydrogens (tertiary/aromatic N) is 1. The van der Waals surface area contributed by atoms with E-state index >= 15 is 0 Å². The fourth-order valence-electron chi connectivity index (χ4n) is 6.61. The predicted molar refractivity (Wildman–Crippen MR) is 141 cm³/mol. The highest BCUT2D eigenvalue weighted by Gasteiger charge is 2.67. The fraction of sp³-hybridized carbons (Fsp3) is 0.258. The minimum atomic E-state index is -0.287. The SMILES string of the molecule is COc1ccccc1Oc1ccc(NC(=O)c2ccc(N3C(=O)[C@H]4[C@@H]5C=C[C@H]([C@H]6C[C@H]56)[C@@H]4C3=O)cc2)cc1. The molecule has 5 aliphatic rings. The van der Waals surface area contributed by atoms with E-state index in [4.69, 9.17) is 9.47 Å². The summed E-state index contributed by atoms with van der Waals surface area (Å²) < 4.78 is 11.2. The number of benzene rings is 3. The van der Waals surface area contributed by atoms with Gasteiger partial charge in [0.25, 0.3) is 5.91 Å². The number of carbonyl (C=O) groups excluding carboxylic acids is 3. The summed E-state index contributed by atoms with van der Waals surface area (Å²) in [5.74, 6) is 2.39. The molecule has 2 bridgehead atoms. The molecule has 8 rings (SSSR count). The molecular formula is C31H26N2O5. The van der Waals surface area contributed by atoms with Crippen molar-refractivity contribution in [2.45, 2.75) is 6.42 Å². The molecule has 3 aromatic carbocycles. The van der Waals surface area contributed by atoms with Gasteiger partial charge in [0.2, 0.25) is 11.8 Å². The second kappa shape index (κ2) is 8.58. The lowest BCUT2D eigenvalue weighted by Gasteiger charge is -2.37. The number of ether oxygens (including phenoxy) is 2. The summed E-state index contributed by atoms with van der Waals surface area (Å²) in [6.07, 6.45) is 5.47. The van der Waals surface area contributed by atoms with Crippen molar-refractivity contribution < 1.29 is 23.9 Å². The van der Waals surface area contributed by atoms with Gasteiger partial charge in [0.15, 0.2) is 11.5 Å². The lowest BCUT2D eigenvalue weighted by Crippen LogP contribution is -2.40. The van der Waals surface area contributed by atoms with Crippen LogP contribution in [-0.4, -0.2) is 24.8 Å².